The number of nitrogens with one attached hydrogen (secondary N) is 1. The molecule has 2 N–H and O–H groups in total. The molecule has 3 rings (SSSR count). The van der Waals surface area contributed by atoms with Gasteiger partial charge in [0.1, 0.15) is 5.69 Å². The summed E-state index contributed by atoms with van der Waals surface area (Å²) in [6.07, 6.45) is 2.68. The van der Waals surface area contributed by atoms with Gasteiger partial charge in [-0.05, 0) is 31.0 Å². The van der Waals surface area contributed by atoms with Crippen LogP contribution in [-0.2, 0) is 0 Å². The highest BCUT2D eigenvalue weighted by Gasteiger charge is 2.21. The number of benzene rings is 1. The molecule has 6 heteroatoms. The fourth-order valence-electron chi connectivity index (χ4n) is 2.90. The van der Waals surface area contributed by atoms with Crippen LogP contribution in [-0.4, -0.2) is 33.6 Å². The first kappa shape index (κ1) is 17.9. The molecule has 0 aliphatic carbocycles. The van der Waals surface area contributed by atoms with E-state index in [0.717, 1.165) is 12.0 Å². The molecule has 0 saturated carbocycles. The van der Waals surface area contributed by atoms with Crippen LogP contribution in [0.2, 0.25) is 0 Å². The molecule has 136 valence electrons. The van der Waals surface area contributed by atoms with Gasteiger partial charge in [-0.25, -0.2) is 4.98 Å². The molecule has 0 fully saturated rings. The third kappa shape index (κ3) is 3.55. The molecule has 0 radical (unpaired) electrons. The maximum Gasteiger partial charge on any atom is 0.270 e. The predicted octanol–water partition coefficient (Wildman–Crippen LogP) is 2.89. The molecule has 26 heavy (non-hydrogen) atoms. The van der Waals surface area contributed by atoms with E-state index in [1.54, 1.807) is 17.5 Å². The molecule has 2 aromatic heterocycles. The minimum atomic E-state index is -0.479. The molecule has 0 aliphatic heterocycles. The van der Waals surface area contributed by atoms with Crippen molar-refractivity contribution in [1.82, 2.24) is 14.7 Å². The molecule has 0 spiro atoms. The Balaban J connectivity index is 1.92. The maximum absolute atomic E-state index is 12.9. The molecule has 1 aromatic carbocycles. The number of aliphatic hydroxyl groups excluding tert-OH is 1. The molecule has 1 amide bonds. The molecule has 0 bridgehead atoms. The second-order valence-corrected chi connectivity index (χ2v) is 6.08. The Hall–Kier alpha value is -2.86. The molecule has 6 nitrogen and oxygen atoms in total. The van der Waals surface area contributed by atoms with E-state index in [-0.39, 0.29) is 12.5 Å². The minimum Gasteiger partial charge on any atom is -0.490 e. The van der Waals surface area contributed by atoms with Gasteiger partial charge in [-0.2, -0.15) is 0 Å². The van der Waals surface area contributed by atoms with E-state index >= 15 is 0 Å². The van der Waals surface area contributed by atoms with Crippen LogP contribution in [0.25, 0.3) is 5.65 Å². The zero-order chi connectivity index (χ0) is 18.5. The van der Waals surface area contributed by atoms with E-state index in [4.69, 9.17) is 4.74 Å². The summed E-state index contributed by atoms with van der Waals surface area (Å²) in [4.78, 5) is 17.4. The van der Waals surface area contributed by atoms with Crippen molar-refractivity contribution in [2.24, 2.45) is 0 Å². The van der Waals surface area contributed by atoms with Crippen molar-refractivity contribution in [3.63, 3.8) is 0 Å². The number of carbonyl (C=O) groups is 1. The number of ether oxygens (including phenoxy) is 1. The van der Waals surface area contributed by atoms with E-state index in [0.29, 0.717) is 29.4 Å². The van der Waals surface area contributed by atoms with Crippen LogP contribution in [0.1, 0.15) is 41.1 Å². The van der Waals surface area contributed by atoms with Gasteiger partial charge in [0.05, 0.1) is 24.9 Å². The van der Waals surface area contributed by atoms with Gasteiger partial charge in [0.2, 0.25) is 0 Å². The van der Waals surface area contributed by atoms with Crippen molar-refractivity contribution in [3.8, 4) is 5.75 Å². The van der Waals surface area contributed by atoms with Gasteiger partial charge in [0.15, 0.2) is 11.4 Å². The van der Waals surface area contributed by atoms with Gasteiger partial charge in [0.25, 0.3) is 5.91 Å². The summed E-state index contributed by atoms with van der Waals surface area (Å²) in [5.74, 6) is 0.365. The van der Waals surface area contributed by atoms with Gasteiger partial charge in [-0.15, -0.1) is 0 Å². The lowest BCUT2D eigenvalue weighted by molar-refractivity contribution is 0.0909. The number of rotatable bonds is 7. The first-order chi connectivity index (χ1) is 12.7. The maximum atomic E-state index is 12.9. The zero-order valence-corrected chi connectivity index (χ0v) is 15.0. The average molecular weight is 353 g/mol. The first-order valence-electron chi connectivity index (χ1n) is 8.72. The topological polar surface area (TPSA) is 75.9 Å². The van der Waals surface area contributed by atoms with Crippen LogP contribution in [0.3, 0.4) is 0 Å². The van der Waals surface area contributed by atoms with Gasteiger partial charge >= 0.3 is 0 Å². The lowest BCUT2D eigenvalue weighted by Crippen LogP contribution is -2.32. The lowest BCUT2D eigenvalue weighted by atomic mass is 10.1. The number of aryl methyl sites for hydroxylation is 1. The lowest BCUT2D eigenvalue weighted by Gasteiger charge is -2.17. The van der Waals surface area contributed by atoms with Crippen molar-refractivity contribution in [2.45, 2.75) is 26.3 Å². The fraction of sp³-hybridized carbons (Fsp3) is 0.300. The average Bonchev–Trinajstić information content (AvgIpc) is 3.01. The smallest absolute Gasteiger partial charge is 0.270 e. The highest BCUT2D eigenvalue weighted by atomic mass is 16.5. The summed E-state index contributed by atoms with van der Waals surface area (Å²) < 4.78 is 7.46. The van der Waals surface area contributed by atoms with Crippen molar-refractivity contribution in [2.75, 3.05) is 13.2 Å². The number of nitrogens with zero attached hydrogens (tertiary/aromatic N) is 2. The summed E-state index contributed by atoms with van der Waals surface area (Å²) >= 11 is 0. The second kappa shape index (κ2) is 8.01. The van der Waals surface area contributed by atoms with Crippen LogP contribution in [0.15, 0.2) is 48.7 Å². The SMILES string of the molecule is CCCOc1cccn2c(C(=O)N[C@@H](CO)c3ccccc3)c(C)nc12. The quantitative estimate of drug-likeness (QED) is 0.685. The molecular formula is C20H23N3O3. The van der Waals surface area contributed by atoms with E-state index in [1.165, 1.54) is 0 Å². The summed E-state index contributed by atoms with van der Waals surface area (Å²) in [6.45, 7) is 4.24. The van der Waals surface area contributed by atoms with Crippen LogP contribution in [0.4, 0.5) is 0 Å². The Morgan fingerprint density at radius 1 is 1.27 bits per heavy atom. The minimum absolute atomic E-state index is 0.184. The fourth-order valence-corrected chi connectivity index (χ4v) is 2.90. The van der Waals surface area contributed by atoms with Gasteiger partial charge in [-0.3, -0.25) is 9.20 Å². The largest absolute Gasteiger partial charge is 0.490 e. The standard InChI is InChI=1S/C20H23N3O3/c1-3-12-26-17-10-7-11-23-18(14(2)21-19(17)23)20(25)22-16(13-24)15-8-5-4-6-9-15/h4-11,16,24H,3,12-13H2,1-2H3,(H,22,25)/t16-/m0/s1. The van der Waals surface area contributed by atoms with Crippen LogP contribution >= 0.6 is 0 Å². The van der Waals surface area contributed by atoms with Gasteiger partial charge in [0, 0.05) is 6.20 Å². The summed E-state index contributed by atoms with van der Waals surface area (Å²) in [6, 6.07) is 12.6. The van der Waals surface area contributed by atoms with Crippen LogP contribution < -0.4 is 10.1 Å². The van der Waals surface area contributed by atoms with Gasteiger partial charge in [-0.1, -0.05) is 37.3 Å². The number of hydrogen-bond acceptors (Lipinski definition) is 4. The number of amides is 1. The first-order valence-corrected chi connectivity index (χ1v) is 8.72. The molecule has 1 atom stereocenters. The molecule has 0 aliphatic rings. The third-order valence-corrected chi connectivity index (χ3v) is 4.16. The summed E-state index contributed by atoms with van der Waals surface area (Å²) in [5, 5.41) is 12.6. The van der Waals surface area contributed by atoms with Crippen molar-refractivity contribution in [1.29, 1.82) is 0 Å². The monoisotopic (exact) mass is 353 g/mol. The molecular weight excluding hydrogens is 330 g/mol. The Bertz CT molecular complexity index is 890. The number of aromatic nitrogens is 2. The van der Waals surface area contributed by atoms with E-state index in [2.05, 4.69) is 10.3 Å². The molecule has 0 unspecified atom stereocenters. The molecule has 2 heterocycles. The Morgan fingerprint density at radius 3 is 2.73 bits per heavy atom. The highest BCUT2D eigenvalue weighted by molar-refractivity contribution is 5.95. The molecule has 0 saturated heterocycles. The third-order valence-electron chi connectivity index (χ3n) is 4.16. The van der Waals surface area contributed by atoms with Crippen LogP contribution in [0.5, 0.6) is 5.75 Å². The van der Waals surface area contributed by atoms with E-state index < -0.39 is 6.04 Å². The number of aliphatic hydroxyl groups is 1. The zero-order valence-electron chi connectivity index (χ0n) is 15.0. The number of hydrogen-bond donors (Lipinski definition) is 2. The number of pyridine rings is 1. The van der Waals surface area contributed by atoms with E-state index in [9.17, 15) is 9.90 Å². The summed E-state index contributed by atoms with van der Waals surface area (Å²) in [7, 11) is 0. The number of fused-ring (bicyclic) bond motifs is 1. The highest BCUT2D eigenvalue weighted by Crippen LogP contribution is 2.23. The second-order valence-electron chi connectivity index (χ2n) is 6.08. The van der Waals surface area contributed by atoms with Crippen molar-refractivity contribution in [3.05, 3.63) is 65.6 Å². The van der Waals surface area contributed by atoms with Crippen molar-refractivity contribution < 1.29 is 14.6 Å². The number of carbonyl (C=O) groups excluding carboxylic acids is 1. The normalized spacial score (nSPS) is 12.1. The van der Waals surface area contributed by atoms with Crippen LogP contribution in [0, 0.1) is 6.92 Å². The number of imidazole rings is 1. The van der Waals surface area contributed by atoms with Gasteiger partial charge < -0.3 is 15.2 Å². The van der Waals surface area contributed by atoms with E-state index in [1.807, 2.05) is 49.4 Å². The Kier molecular flexibility index (Phi) is 5.53. The van der Waals surface area contributed by atoms with Crippen molar-refractivity contribution >= 4 is 11.6 Å². The Labute approximate surface area is 152 Å². The predicted molar refractivity (Wildman–Crippen MR) is 99.5 cm³/mol. The summed E-state index contributed by atoms with van der Waals surface area (Å²) in [5.41, 5.74) is 2.52. The molecule has 3 aromatic rings. The Morgan fingerprint density at radius 2 is 2.04 bits per heavy atom.